The molecule has 162 valence electrons. The van der Waals surface area contributed by atoms with Crippen LogP contribution in [0.15, 0.2) is 72.8 Å². The molecule has 0 spiro atoms. The Morgan fingerprint density at radius 3 is 2.25 bits per heavy atom. The first kappa shape index (κ1) is 23.0. The Hall–Kier alpha value is -3.65. The van der Waals surface area contributed by atoms with Crippen LogP contribution in [0.2, 0.25) is 0 Å². The van der Waals surface area contributed by atoms with Crippen LogP contribution in [0.25, 0.3) is 40.1 Å². The Kier molecular flexibility index (Phi) is 7.27. The normalized spacial score (nSPS) is 10.9. The highest BCUT2D eigenvalue weighted by atomic mass is 14.8. The second-order valence-corrected chi connectivity index (χ2v) is 7.99. The molecule has 0 saturated carbocycles. The fourth-order valence-electron chi connectivity index (χ4n) is 4.04. The molecule has 3 aromatic rings. The minimum Gasteiger partial charge on any atom is -0.388 e. The molecule has 32 heavy (non-hydrogen) atoms. The predicted molar refractivity (Wildman–Crippen MR) is 143 cm³/mol. The summed E-state index contributed by atoms with van der Waals surface area (Å²) in [6.45, 7) is 18.8. The fraction of sp³-hybridized carbons (Fsp3) is 0.167. The summed E-state index contributed by atoms with van der Waals surface area (Å²) in [7, 11) is 1.89. The van der Waals surface area contributed by atoms with Crippen molar-refractivity contribution >= 4 is 24.6 Å². The van der Waals surface area contributed by atoms with Gasteiger partial charge in [0.05, 0.1) is 6.54 Å². The second kappa shape index (κ2) is 10.1. The van der Waals surface area contributed by atoms with Gasteiger partial charge >= 0.3 is 0 Å². The van der Waals surface area contributed by atoms with Crippen molar-refractivity contribution in [1.29, 1.82) is 0 Å². The molecule has 1 N–H and O–H groups in total. The Labute approximate surface area is 192 Å². The van der Waals surface area contributed by atoms with E-state index >= 15 is 0 Å². The molecule has 0 fully saturated rings. The van der Waals surface area contributed by atoms with Gasteiger partial charge in [-0.25, -0.2) is 0 Å². The molecule has 2 heteroatoms. The molecule has 0 unspecified atom stereocenters. The van der Waals surface area contributed by atoms with Gasteiger partial charge in [-0.1, -0.05) is 55.7 Å². The molecule has 0 saturated heterocycles. The molecule has 0 aliphatic rings. The third-order valence-electron chi connectivity index (χ3n) is 6.01. The smallest absolute Gasteiger partial charge is 0.0632 e. The monoisotopic (exact) mass is 420 g/mol. The number of rotatable bonds is 8. The van der Waals surface area contributed by atoms with Crippen LogP contribution >= 0.6 is 0 Å². The van der Waals surface area contributed by atoms with Gasteiger partial charge in [-0.15, -0.1) is 0 Å². The van der Waals surface area contributed by atoms with E-state index in [0.29, 0.717) is 6.54 Å². The van der Waals surface area contributed by atoms with Crippen molar-refractivity contribution in [3.05, 3.63) is 101 Å². The lowest BCUT2D eigenvalue weighted by Crippen LogP contribution is -2.02. The van der Waals surface area contributed by atoms with E-state index in [-0.39, 0.29) is 0 Å². The van der Waals surface area contributed by atoms with Crippen LogP contribution in [0.5, 0.6) is 0 Å². The highest BCUT2D eigenvalue weighted by Crippen LogP contribution is 2.35. The van der Waals surface area contributed by atoms with Crippen LogP contribution in [0.4, 0.5) is 0 Å². The van der Waals surface area contributed by atoms with E-state index in [0.717, 1.165) is 33.5 Å². The average molecular weight is 421 g/mol. The van der Waals surface area contributed by atoms with E-state index in [9.17, 15) is 0 Å². The summed E-state index contributed by atoms with van der Waals surface area (Å²) in [5.41, 5.74) is 12.8. The molecule has 0 aromatic heterocycles. The summed E-state index contributed by atoms with van der Waals surface area (Å²) in [6.07, 6.45) is 6.23. The summed E-state index contributed by atoms with van der Waals surface area (Å²) < 4.78 is 0. The van der Waals surface area contributed by atoms with Gasteiger partial charge in [0.25, 0.3) is 0 Å². The van der Waals surface area contributed by atoms with Gasteiger partial charge in [0, 0.05) is 12.7 Å². The summed E-state index contributed by atoms with van der Waals surface area (Å²) in [4.78, 5) is 4.15. The Morgan fingerprint density at radius 1 is 0.969 bits per heavy atom. The van der Waals surface area contributed by atoms with Crippen LogP contribution in [0.1, 0.15) is 40.3 Å². The van der Waals surface area contributed by atoms with Gasteiger partial charge in [0.15, 0.2) is 0 Å². The molecule has 2 nitrogen and oxygen atoms in total. The van der Waals surface area contributed by atoms with Crippen molar-refractivity contribution in [1.82, 2.24) is 5.32 Å². The minimum absolute atomic E-state index is 0.577. The Morgan fingerprint density at radius 2 is 1.66 bits per heavy atom. The molecule has 0 aliphatic heterocycles. The maximum absolute atomic E-state index is 4.15. The van der Waals surface area contributed by atoms with Gasteiger partial charge in [-0.3, -0.25) is 4.99 Å². The van der Waals surface area contributed by atoms with Gasteiger partial charge in [-0.2, -0.15) is 0 Å². The topological polar surface area (TPSA) is 24.4 Å². The molecule has 0 radical (unpaired) electrons. The number of hydrogen-bond acceptors (Lipinski definition) is 2. The third kappa shape index (κ3) is 4.65. The highest BCUT2D eigenvalue weighted by molar-refractivity contribution is 5.84. The van der Waals surface area contributed by atoms with E-state index in [1.54, 1.807) is 0 Å². The zero-order chi connectivity index (χ0) is 23.3. The summed E-state index contributed by atoms with van der Waals surface area (Å²) in [5.74, 6) is 0. The van der Waals surface area contributed by atoms with Gasteiger partial charge < -0.3 is 5.32 Å². The largest absolute Gasteiger partial charge is 0.388 e. The lowest BCUT2D eigenvalue weighted by molar-refractivity contribution is 1.08. The van der Waals surface area contributed by atoms with Crippen LogP contribution in [0.3, 0.4) is 0 Å². The molecule has 0 heterocycles. The number of hydrogen-bond donors (Lipinski definition) is 1. The van der Waals surface area contributed by atoms with E-state index in [4.69, 9.17) is 0 Å². The maximum atomic E-state index is 4.15. The van der Waals surface area contributed by atoms with Crippen molar-refractivity contribution in [2.45, 2.75) is 27.3 Å². The summed E-state index contributed by atoms with van der Waals surface area (Å²) >= 11 is 0. The van der Waals surface area contributed by atoms with Crippen molar-refractivity contribution in [3.8, 4) is 22.3 Å². The lowest BCUT2D eigenvalue weighted by atomic mass is 9.87. The number of benzene rings is 3. The quantitative estimate of drug-likeness (QED) is 0.371. The average Bonchev–Trinajstić information content (AvgIpc) is 2.82. The van der Waals surface area contributed by atoms with Crippen LogP contribution in [-0.2, 0) is 6.54 Å². The maximum Gasteiger partial charge on any atom is 0.0632 e. The van der Waals surface area contributed by atoms with Gasteiger partial charge in [-0.05, 0) is 107 Å². The number of nitrogens with one attached hydrogen (secondary N) is 1. The molecule has 3 aromatic carbocycles. The van der Waals surface area contributed by atoms with Crippen molar-refractivity contribution in [2.24, 2.45) is 4.99 Å². The molecule has 3 rings (SSSR count). The van der Waals surface area contributed by atoms with E-state index in [1.807, 2.05) is 13.1 Å². The zero-order valence-electron chi connectivity index (χ0n) is 19.6. The molecule has 0 atom stereocenters. The van der Waals surface area contributed by atoms with Crippen LogP contribution in [0, 0.1) is 13.8 Å². The van der Waals surface area contributed by atoms with Crippen molar-refractivity contribution < 1.29 is 0 Å². The molecule has 0 amide bonds. The number of nitrogens with zero attached hydrogens (tertiary/aromatic N) is 1. The minimum atomic E-state index is 0.577. The van der Waals surface area contributed by atoms with E-state index in [2.05, 4.69) is 112 Å². The van der Waals surface area contributed by atoms with E-state index in [1.165, 1.54) is 27.8 Å². The standard InChI is InChI=1S/C30H32N2/c1-8-10-29-21(4)20(3)24(9-2)18-30(29)28-16-23(19-31-6)15-27(17-28)26-13-11-25(12-14-26)22(5)32-7/h8-18,32H,2,5-6,19H2,1,3-4,7H3/b10-8-. The first-order chi connectivity index (χ1) is 15.4. The first-order valence-corrected chi connectivity index (χ1v) is 10.9. The lowest BCUT2D eigenvalue weighted by Gasteiger charge is -2.17. The van der Waals surface area contributed by atoms with Gasteiger partial charge in [0.1, 0.15) is 0 Å². The summed E-state index contributed by atoms with van der Waals surface area (Å²) in [6, 6.07) is 17.4. The van der Waals surface area contributed by atoms with Crippen molar-refractivity contribution in [3.63, 3.8) is 0 Å². The third-order valence-corrected chi connectivity index (χ3v) is 6.01. The zero-order valence-corrected chi connectivity index (χ0v) is 19.6. The molecular weight excluding hydrogens is 388 g/mol. The fourth-order valence-corrected chi connectivity index (χ4v) is 4.04. The Bertz CT molecular complexity index is 1190. The van der Waals surface area contributed by atoms with Crippen molar-refractivity contribution in [2.75, 3.05) is 7.05 Å². The van der Waals surface area contributed by atoms with Crippen LogP contribution < -0.4 is 5.32 Å². The van der Waals surface area contributed by atoms with E-state index < -0.39 is 0 Å². The highest BCUT2D eigenvalue weighted by Gasteiger charge is 2.13. The molecule has 0 bridgehead atoms. The summed E-state index contributed by atoms with van der Waals surface area (Å²) in [5, 5.41) is 3.11. The van der Waals surface area contributed by atoms with Crippen LogP contribution in [-0.4, -0.2) is 13.8 Å². The number of allylic oxidation sites excluding steroid dienone is 1. The Balaban J connectivity index is 2.23. The molecular formula is C30H32N2. The van der Waals surface area contributed by atoms with Gasteiger partial charge in [0.2, 0.25) is 0 Å². The predicted octanol–water partition coefficient (Wildman–Crippen LogP) is 7.70. The second-order valence-electron chi connectivity index (χ2n) is 7.99. The first-order valence-electron chi connectivity index (χ1n) is 10.9. The SMILES string of the molecule is C=Cc1cc(-c2cc(CN=C)cc(-c3ccc(C(=C)NC)cc3)c2)c(/C=C\C)c(C)c1C. The number of aliphatic imine (C=N–C) groups is 1. The molecule has 0 aliphatic carbocycles.